The number of anilines is 1. The first-order valence-electron chi connectivity index (χ1n) is 7.38. The first-order valence-corrected chi connectivity index (χ1v) is 7.76. The van der Waals surface area contributed by atoms with Crippen molar-refractivity contribution in [1.29, 1.82) is 0 Å². The zero-order valence-electron chi connectivity index (χ0n) is 12.8. The quantitative estimate of drug-likeness (QED) is 0.886. The molecule has 1 N–H and O–H groups in total. The Balaban J connectivity index is 2.07. The fraction of sp³-hybridized carbons (Fsp3) is 0.294. The molecule has 4 nitrogen and oxygen atoms in total. The molecule has 0 aliphatic carbocycles. The van der Waals surface area contributed by atoms with Crippen LogP contribution in [0, 0.1) is 0 Å². The average molecular weight is 318 g/mol. The Morgan fingerprint density at radius 2 is 1.95 bits per heavy atom. The molecule has 0 bridgehead atoms. The van der Waals surface area contributed by atoms with Crippen LogP contribution in [0.2, 0.25) is 5.02 Å². The van der Waals surface area contributed by atoms with E-state index < -0.39 is 0 Å². The van der Waals surface area contributed by atoms with Crippen molar-refractivity contribution in [1.82, 2.24) is 10.3 Å². The van der Waals surface area contributed by atoms with Crippen LogP contribution in [0.25, 0.3) is 0 Å². The largest absolute Gasteiger partial charge is 0.372 e. The number of nitrogens with one attached hydrogen (secondary N) is 1. The Kier molecular flexibility index (Phi) is 5.78. The lowest BCUT2D eigenvalue weighted by Gasteiger charge is -2.21. The standard InChI is InChI=1S/C17H20ClN3O/c1-3-21(4-2)14-9-10-19-16(11-14)17(22)20-12-13-7-5-6-8-15(13)18/h5-11H,3-4,12H2,1-2H3,(H,20,22). The van der Waals surface area contributed by atoms with Gasteiger partial charge in [0, 0.05) is 36.5 Å². The van der Waals surface area contributed by atoms with Crippen LogP contribution >= 0.6 is 11.6 Å². The number of hydrogen-bond acceptors (Lipinski definition) is 3. The summed E-state index contributed by atoms with van der Waals surface area (Å²) in [6.45, 7) is 6.33. The van der Waals surface area contributed by atoms with E-state index in [0.717, 1.165) is 24.3 Å². The molecule has 0 saturated heterocycles. The molecule has 116 valence electrons. The van der Waals surface area contributed by atoms with Crippen LogP contribution in [-0.4, -0.2) is 24.0 Å². The van der Waals surface area contributed by atoms with E-state index in [9.17, 15) is 4.79 Å². The normalized spacial score (nSPS) is 10.3. The van der Waals surface area contributed by atoms with Crippen molar-refractivity contribution in [2.24, 2.45) is 0 Å². The number of carbonyl (C=O) groups excluding carboxylic acids is 1. The molecule has 2 aromatic rings. The van der Waals surface area contributed by atoms with E-state index in [-0.39, 0.29) is 5.91 Å². The Hall–Kier alpha value is -2.07. The number of halogens is 1. The number of amides is 1. The van der Waals surface area contributed by atoms with Gasteiger partial charge in [-0.2, -0.15) is 0 Å². The lowest BCUT2D eigenvalue weighted by Crippen LogP contribution is -2.26. The zero-order chi connectivity index (χ0) is 15.9. The van der Waals surface area contributed by atoms with Gasteiger partial charge in [-0.15, -0.1) is 0 Å². The monoisotopic (exact) mass is 317 g/mol. The number of hydrogen-bond donors (Lipinski definition) is 1. The van der Waals surface area contributed by atoms with Gasteiger partial charge in [-0.05, 0) is 37.6 Å². The molecule has 0 spiro atoms. The van der Waals surface area contributed by atoms with Gasteiger partial charge in [0.05, 0.1) is 0 Å². The molecular formula is C17H20ClN3O. The lowest BCUT2D eigenvalue weighted by atomic mass is 10.2. The molecular weight excluding hydrogens is 298 g/mol. The second-order valence-electron chi connectivity index (χ2n) is 4.85. The van der Waals surface area contributed by atoms with E-state index in [1.807, 2.05) is 36.4 Å². The third-order valence-electron chi connectivity index (χ3n) is 3.50. The SMILES string of the molecule is CCN(CC)c1ccnc(C(=O)NCc2ccccc2Cl)c1. The maximum absolute atomic E-state index is 12.2. The second-order valence-corrected chi connectivity index (χ2v) is 5.25. The molecule has 0 unspecified atom stereocenters. The topological polar surface area (TPSA) is 45.2 Å². The third-order valence-corrected chi connectivity index (χ3v) is 3.87. The Morgan fingerprint density at radius 1 is 1.23 bits per heavy atom. The molecule has 0 atom stereocenters. The van der Waals surface area contributed by atoms with Crippen LogP contribution in [0.4, 0.5) is 5.69 Å². The average Bonchev–Trinajstić information content (AvgIpc) is 2.55. The first-order chi connectivity index (χ1) is 10.7. The number of rotatable bonds is 6. The Labute approximate surface area is 136 Å². The van der Waals surface area contributed by atoms with Crippen molar-refractivity contribution >= 4 is 23.2 Å². The number of pyridine rings is 1. The van der Waals surface area contributed by atoms with Crippen molar-refractivity contribution in [3.8, 4) is 0 Å². The fourth-order valence-corrected chi connectivity index (χ4v) is 2.44. The van der Waals surface area contributed by atoms with Crippen LogP contribution in [0.3, 0.4) is 0 Å². The lowest BCUT2D eigenvalue weighted by molar-refractivity contribution is 0.0946. The predicted octanol–water partition coefficient (Wildman–Crippen LogP) is 3.51. The third kappa shape index (κ3) is 3.98. The van der Waals surface area contributed by atoms with Crippen molar-refractivity contribution < 1.29 is 4.79 Å². The van der Waals surface area contributed by atoms with Gasteiger partial charge in [0.1, 0.15) is 5.69 Å². The Morgan fingerprint density at radius 3 is 2.64 bits per heavy atom. The van der Waals surface area contributed by atoms with Gasteiger partial charge < -0.3 is 10.2 Å². The summed E-state index contributed by atoms with van der Waals surface area (Å²) in [4.78, 5) is 18.6. The minimum Gasteiger partial charge on any atom is -0.372 e. The van der Waals surface area contributed by atoms with Gasteiger partial charge in [0.15, 0.2) is 0 Å². The summed E-state index contributed by atoms with van der Waals surface area (Å²) in [5.41, 5.74) is 2.30. The van der Waals surface area contributed by atoms with Crippen molar-refractivity contribution in [3.63, 3.8) is 0 Å². The van der Waals surface area contributed by atoms with E-state index in [1.54, 1.807) is 6.20 Å². The maximum Gasteiger partial charge on any atom is 0.270 e. The number of benzene rings is 1. The molecule has 0 saturated carbocycles. The van der Waals surface area contributed by atoms with E-state index in [2.05, 4.69) is 29.0 Å². The molecule has 2 rings (SSSR count). The van der Waals surface area contributed by atoms with Gasteiger partial charge >= 0.3 is 0 Å². The summed E-state index contributed by atoms with van der Waals surface area (Å²) in [6, 6.07) is 11.2. The molecule has 22 heavy (non-hydrogen) atoms. The highest BCUT2D eigenvalue weighted by molar-refractivity contribution is 6.31. The minimum absolute atomic E-state index is 0.200. The van der Waals surface area contributed by atoms with E-state index >= 15 is 0 Å². The maximum atomic E-state index is 12.2. The number of nitrogens with zero attached hydrogens (tertiary/aromatic N) is 2. The highest BCUT2D eigenvalue weighted by Gasteiger charge is 2.10. The van der Waals surface area contributed by atoms with Crippen molar-refractivity contribution in [2.45, 2.75) is 20.4 Å². The van der Waals surface area contributed by atoms with E-state index in [1.165, 1.54) is 0 Å². The molecule has 0 aliphatic rings. The summed E-state index contributed by atoms with van der Waals surface area (Å²) in [6.07, 6.45) is 1.66. The molecule has 1 amide bonds. The molecule has 1 aromatic carbocycles. The highest BCUT2D eigenvalue weighted by Crippen LogP contribution is 2.16. The zero-order valence-corrected chi connectivity index (χ0v) is 13.6. The van der Waals surface area contributed by atoms with E-state index in [4.69, 9.17) is 11.6 Å². The van der Waals surface area contributed by atoms with Gasteiger partial charge in [-0.1, -0.05) is 29.8 Å². The first kappa shape index (κ1) is 16.3. The molecule has 1 aromatic heterocycles. The summed E-state index contributed by atoms with van der Waals surface area (Å²) in [5, 5.41) is 3.50. The smallest absolute Gasteiger partial charge is 0.270 e. The van der Waals surface area contributed by atoms with Gasteiger partial charge in [-0.25, -0.2) is 0 Å². The van der Waals surface area contributed by atoms with E-state index in [0.29, 0.717) is 17.3 Å². The molecule has 0 aliphatic heterocycles. The summed E-state index contributed by atoms with van der Waals surface area (Å²) in [7, 11) is 0. The van der Waals surface area contributed by atoms with Gasteiger partial charge in [0.2, 0.25) is 0 Å². The van der Waals surface area contributed by atoms with Crippen molar-refractivity contribution in [2.75, 3.05) is 18.0 Å². The highest BCUT2D eigenvalue weighted by atomic mass is 35.5. The van der Waals surface area contributed by atoms with Crippen LogP contribution in [-0.2, 0) is 6.54 Å². The predicted molar refractivity (Wildman–Crippen MR) is 90.4 cm³/mol. The van der Waals surface area contributed by atoms with Crippen LogP contribution in [0.1, 0.15) is 29.9 Å². The van der Waals surface area contributed by atoms with Crippen LogP contribution in [0.15, 0.2) is 42.6 Å². The number of carbonyl (C=O) groups is 1. The second kappa shape index (κ2) is 7.80. The number of aromatic nitrogens is 1. The molecule has 0 fully saturated rings. The Bertz CT molecular complexity index is 641. The van der Waals surface area contributed by atoms with Crippen LogP contribution in [0.5, 0.6) is 0 Å². The summed E-state index contributed by atoms with van der Waals surface area (Å²) < 4.78 is 0. The van der Waals surface area contributed by atoms with Gasteiger partial charge in [0.25, 0.3) is 5.91 Å². The molecule has 1 heterocycles. The molecule has 0 radical (unpaired) electrons. The summed E-state index contributed by atoms with van der Waals surface area (Å²) in [5.74, 6) is -0.200. The minimum atomic E-state index is -0.200. The summed E-state index contributed by atoms with van der Waals surface area (Å²) >= 11 is 6.08. The van der Waals surface area contributed by atoms with Crippen LogP contribution < -0.4 is 10.2 Å². The molecule has 5 heteroatoms. The van der Waals surface area contributed by atoms with Crippen molar-refractivity contribution in [3.05, 3.63) is 58.9 Å². The fourth-order valence-electron chi connectivity index (χ4n) is 2.24. The van der Waals surface area contributed by atoms with Gasteiger partial charge in [-0.3, -0.25) is 9.78 Å².